The third-order valence-electron chi connectivity index (χ3n) is 14.9. The molecule has 0 fully saturated rings. The van der Waals surface area contributed by atoms with Gasteiger partial charge in [0.15, 0.2) is 109 Å². The second-order valence-corrected chi connectivity index (χ2v) is 23.1. The number of aliphatic carboxylic acids is 1. The molecule has 0 aliphatic carbocycles. The number of carbonyl (C=O) groups excluding carboxylic acids is 4. The van der Waals surface area contributed by atoms with Crippen LogP contribution in [0.25, 0.3) is 12.2 Å². The fourth-order valence-electron chi connectivity index (χ4n) is 9.02. The summed E-state index contributed by atoms with van der Waals surface area (Å²) < 4.78 is 35.8. The molecule has 606 valence electrons. The van der Waals surface area contributed by atoms with Crippen LogP contribution in [0.2, 0.25) is 0 Å². The maximum absolute atomic E-state index is 12.5. The van der Waals surface area contributed by atoms with Crippen molar-refractivity contribution in [3.8, 4) is 115 Å². The normalized spacial score (nSPS) is 9.93. The number of allylic oxidation sites excluding steroid dienone is 1. The minimum Gasteiger partial charge on any atom is -0.870 e. The van der Waals surface area contributed by atoms with Crippen molar-refractivity contribution >= 4 is 59.4 Å². The number of phenols is 14. The third kappa shape index (κ3) is 30.6. The molecule has 20 N–H and O–H groups in total. The Hall–Kier alpha value is -13.8. The molecule has 0 radical (unpaired) electrons. The zero-order valence-electron chi connectivity index (χ0n) is 63.9. The van der Waals surface area contributed by atoms with Crippen LogP contribution in [-0.2, 0) is 22.4 Å². The smallest absolute Gasteiger partial charge is 0.870 e. The van der Waals surface area contributed by atoms with E-state index in [2.05, 4.69) is 10.1 Å². The minimum atomic E-state index is -1.29. The molecule has 1 amide bonds. The van der Waals surface area contributed by atoms with Crippen LogP contribution in [0.5, 0.6) is 115 Å². The molecule has 9 aromatic carbocycles. The first-order valence-corrected chi connectivity index (χ1v) is 32.5. The van der Waals surface area contributed by atoms with Gasteiger partial charge in [-0.1, -0.05) is 24.3 Å². The van der Waals surface area contributed by atoms with Crippen LogP contribution >= 0.6 is 0 Å². The topological polar surface area (TPSA) is 565 Å². The maximum atomic E-state index is 12.5. The number of anilines is 2. The van der Waals surface area contributed by atoms with Gasteiger partial charge in [0, 0.05) is 68.9 Å². The molecule has 0 aromatic heterocycles. The molecule has 0 saturated carbocycles. The van der Waals surface area contributed by atoms with Crippen LogP contribution in [0.3, 0.4) is 0 Å². The molecular weight excluding hydrogens is 1510 g/mol. The fourth-order valence-corrected chi connectivity index (χ4v) is 9.02. The average molecular weight is 1600 g/mol. The van der Waals surface area contributed by atoms with Gasteiger partial charge in [-0.3, -0.25) is 14.4 Å². The minimum absolute atomic E-state index is 0. The Kier molecular flexibility index (Phi) is 41.9. The first-order valence-electron chi connectivity index (χ1n) is 32.5. The Morgan fingerprint density at radius 3 is 1.09 bits per heavy atom. The molecule has 0 unspecified atom stereocenters. The molecule has 0 saturated heterocycles. The van der Waals surface area contributed by atoms with Crippen LogP contribution in [0, 0.1) is 0 Å². The van der Waals surface area contributed by atoms with E-state index in [1.165, 1.54) is 117 Å². The van der Waals surface area contributed by atoms with Crippen molar-refractivity contribution in [2.75, 3.05) is 101 Å². The van der Waals surface area contributed by atoms with Crippen molar-refractivity contribution in [2.24, 2.45) is 5.73 Å². The molecule has 0 spiro atoms. The van der Waals surface area contributed by atoms with Gasteiger partial charge in [-0.05, 0) is 175 Å². The third-order valence-corrected chi connectivity index (χ3v) is 14.9. The number of ketones is 1. The standard InChI is InChI=1S/C20H23NO4.C15H15NO7.C11H14O5.C9H11NO.C9H8O4.C8H11NO3.C7H6O5.Na.H2O/c1-21(2)16-9-6-14(7-10-16)8-11-17(22)15-12-18(23-3)20(25-5)19(13-15)24-4;17-9-3-7(4-10(18)13(9)21)1-2-16-15(23)8-5-11(19)14(22)12(20)6-8;1-13-8-5-7(11(12)16-4)6-9(14-2)10(8)15-3;1-10(2)9-5-3-8(7-11)4-6-9;10-7-3-1-6(5-8(7)11)2-4-9(12)13;9-2-1-5-3-6(10)8(12)7(11)4-5;8-4-1-3(7(11)12)2-5(9)6(4)10;;/h6-13H,1-5H3;3-6,17-22H,1-2H2,(H,16,23);5-6H,1-4H3;3-7H,1-2H3;1-5,10-11H,(H,12,13);3-4,10-12H,1-2,9H2;1-2,8-10H,(H,11,12);;1H2/q;;;;;;;+1;/p-1. The predicted octanol–water partition coefficient (Wildman–Crippen LogP) is 6.46. The Balaban J connectivity index is 0.000000678. The molecule has 0 atom stereocenters. The number of rotatable bonds is 22. The largest absolute Gasteiger partial charge is 1.00 e. The van der Waals surface area contributed by atoms with E-state index in [0.717, 1.165) is 59.1 Å². The summed E-state index contributed by atoms with van der Waals surface area (Å²) >= 11 is 0. The van der Waals surface area contributed by atoms with Gasteiger partial charge in [-0.15, -0.1) is 0 Å². The van der Waals surface area contributed by atoms with Gasteiger partial charge in [0.25, 0.3) is 5.91 Å². The second kappa shape index (κ2) is 48.7. The summed E-state index contributed by atoms with van der Waals surface area (Å²) in [5, 5.41) is 147. The number of nitrogens with one attached hydrogen (secondary N) is 1. The number of carboxylic acids is 2. The summed E-state index contributed by atoms with van der Waals surface area (Å²) in [6.45, 7) is 0.564. The van der Waals surface area contributed by atoms with E-state index >= 15 is 0 Å². The van der Waals surface area contributed by atoms with E-state index in [-0.39, 0.29) is 87.9 Å². The van der Waals surface area contributed by atoms with E-state index < -0.39 is 81.3 Å². The molecule has 0 heterocycles. The number of carboxylic acid groups (broad SMARTS) is 2. The van der Waals surface area contributed by atoms with Crippen LogP contribution in [-0.4, -0.2) is 214 Å². The summed E-state index contributed by atoms with van der Waals surface area (Å²) in [7, 11) is 18.3. The number of methoxy groups -OCH3 is 7. The van der Waals surface area contributed by atoms with Gasteiger partial charge >= 0.3 is 47.5 Å². The van der Waals surface area contributed by atoms with Gasteiger partial charge < -0.3 is 141 Å². The number of phenolic OH excluding ortho intramolecular Hbond substituents is 14. The number of aromatic hydroxyl groups is 14. The number of aldehydes is 1. The van der Waals surface area contributed by atoms with Crippen LogP contribution < -0.4 is 78.8 Å². The Morgan fingerprint density at radius 1 is 0.404 bits per heavy atom. The van der Waals surface area contributed by atoms with Gasteiger partial charge in [0.05, 0.1) is 60.9 Å². The summed E-state index contributed by atoms with van der Waals surface area (Å²) in [4.78, 5) is 70.5. The number of esters is 1. The molecule has 114 heavy (non-hydrogen) atoms. The molecular formula is C79H89N4NaO30. The Bertz CT molecular complexity index is 4600. The van der Waals surface area contributed by atoms with E-state index in [1.54, 1.807) is 18.2 Å². The van der Waals surface area contributed by atoms with E-state index in [9.17, 15) is 59.4 Å². The summed E-state index contributed by atoms with van der Waals surface area (Å²) in [5.74, 6) is -8.09. The summed E-state index contributed by atoms with van der Waals surface area (Å²) in [5.41, 5.74) is 11.3. The van der Waals surface area contributed by atoms with Gasteiger partial charge in [0.2, 0.25) is 11.5 Å². The van der Waals surface area contributed by atoms with Crippen LogP contribution in [0.15, 0.2) is 152 Å². The molecule has 34 nitrogen and oxygen atoms in total. The van der Waals surface area contributed by atoms with E-state index in [1.807, 2.05) is 86.5 Å². The van der Waals surface area contributed by atoms with Gasteiger partial charge in [0.1, 0.15) is 6.29 Å². The van der Waals surface area contributed by atoms with E-state index in [0.29, 0.717) is 75.3 Å². The molecule has 0 aliphatic heterocycles. The number of aromatic carboxylic acids is 1. The van der Waals surface area contributed by atoms with Crippen LogP contribution in [0.1, 0.15) is 74.0 Å². The summed E-state index contributed by atoms with van der Waals surface area (Å²) in [6.07, 6.45) is 7.24. The van der Waals surface area contributed by atoms with Gasteiger partial charge in [-0.2, -0.15) is 0 Å². The quantitative estimate of drug-likeness (QED) is 0.00864. The van der Waals surface area contributed by atoms with Crippen molar-refractivity contribution in [1.82, 2.24) is 5.32 Å². The van der Waals surface area contributed by atoms with Crippen molar-refractivity contribution in [3.63, 3.8) is 0 Å². The molecule has 0 aliphatic rings. The monoisotopic (exact) mass is 1600 g/mol. The number of hydrogen-bond acceptors (Lipinski definition) is 31. The first kappa shape index (κ1) is 98.2. The maximum Gasteiger partial charge on any atom is 1.00 e. The molecule has 0 bridgehead atoms. The Labute approximate surface area is 675 Å². The zero-order valence-corrected chi connectivity index (χ0v) is 65.9. The number of ether oxygens (including phenoxy) is 7. The van der Waals surface area contributed by atoms with Crippen molar-refractivity contribution < 1.29 is 179 Å². The molecule has 35 heteroatoms. The average Bonchev–Trinajstić information content (AvgIpc) is 0.822. The zero-order chi connectivity index (χ0) is 84.2. The fraction of sp³-hybridized carbons (Fsp3) is 0.190. The number of benzene rings is 9. The number of nitrogens with two attached hydrogens (primary N) is 1. The van der Waals surface area contributed by atoms with E-state index in [4.69, 9.17) is 85.2 Å². The van der Waals surface area contributed by atoms with Crippen LogP contribution in [0.4, 0.5) is 11.4 Å². The SMILES string of the molecule is CN(C)c1ccc(C=O)cc1.COC(=O)c1cc(OC)c(OC)c(OC)c1.COc1cc(C(=O)C=Cc2ccc(N(C)C)cc2)cc(OC)c1OC.NCCc1cc(O)c(O)c(O)c1.O=C(NCCc1cc(O)c(O)c(O)c1)c1cc(O)c(O)c(O)c1.O=C(O)C=Cc1ccc(O)c(O)c1.O=C(O)c1cc(O)c(O)c(O)c1.[Na+].[OH-]. The first-order chi connectivity index (χ1) is 53.0. The number of nitrogens with zero attached hydrogens (tertiary/aromatic N) is 2. The number of amides is 1. The predicted molar refractivity (Wildman–Crippen MR) is 414 cm³/mol. The molecule has 9 aromatic rings. The number of hydrogen-bond donors (Lipinski definition) is 18. The summed E-state index contributed by atoms with van der Waals surface area (Å²) in [6, 6.07) is 34.8. The second-order valence-electron chi connectivity index (χ2n) is 23.1. The van der Waals surface area contributed by atoms with Crippen molar-refractivity contribution in [3.05, 3.63) is 202 Å². The van der Waals surface area contributed by atoms with Crippen molar-refractivity contribution in [2.45, 2.75) is 12.8 Å². The van der Waals surface area contributed by atoms with Crippen molar-refractivity contribution in [1.29, 1.82) is 0 Å². The number of carbonyl (C=O) groups is 6. The Morgan fingerprint density at radius 2 is 0.754 bits per heavy atom. The molecule has 9 rings (SSSR count). The van der Waals surface area contributed by atoms with Gasteiger partial charge in [-0.25, -0.2) is 14.4 Å².